The van der Waals surface area contributed by atoms with Gasteiger partial charge in [0.15, 0.2) is 12.1 Å². The smallest absolute Gasteiger partial charge is 0.199 e. The van der Waals surface area contributed by atoms with E-state index in [-0.39, 0.29) is 58.0 Å². The summed E-state index contributed by atoms with van der Waals surface area (Å²) in [4.78, 5) is 0. The van der Waals surface area contributed by atoms with E-state index in [4.69, 9.17) is 18.9 Å². The highest BCUT2D eigenvalue weighted by atomic mass is 16.8. The molecule has 2 bridgehead atoms. The van der Waals surface area contributed by atoms with Gasteiger partial charge < -0.3 is 49.6 Å². The first kappa shape index (κ1) is 31.8. The van der Waals surface area contributed by atoms with Crippen LogP contribution in [0.2, 0.25) is 0 Å². The van der Waals surface area contributed by atoms with E-state index in [2.05, 4.69) is 34.6 Å². The molecule has 3 aliphatic heterocycles. The van der Waals surface area contributed by atoms with E-state index in [1.54, 1.807) is 13.8 Å². The van der Waals surface area contributed by atoms with Crippen molar-refractivity contribution in [2.45, 2.75) is 160 Å². The Kier molecular flexibility index (Phi) is 6.53. The van der Waals surface area contributed by atoms with Crippen LogP contribution in [-0.2, 0) is 18.9 Å². The Bertz CT molecular complexity index is 1240. The molecule has 8 rings (SSSR count). The van der Waals surface area contributed by atoms with Crippen LogP contribution < -0.4 is 0 Å². The first-order valence-electron chi connectivity index (χ1n) is 17.6. The van der Waals surface area contributed by atoms with Crippen LogP contribution in [0.25, 0.3) is 0 Å². The molecule has 8 fully saturated rings. The lowest BCUT2D eigenvalue weighted by molar-refractivity contribution is -0.309. The Labute approximate surface area is 266 Å². The molecule has 3 saturated heterocycles. The predicted molar refractivity (Wildman–Crippen MR) is 160 cm³/mol. The molecule has 0 aromatic carbocycles. The molecule has 8 aliphatic rings. The molecule has 10 heteroatoms. The molecule has 256 valence electrons. The van der Waals surface area contributed by atoms with E-state index in [1.165, 1.54) is 0 Å². The van der Waals surface area contributed by atoms with Crippen molar-refractivity contribution in [2.24, 2.45) is 50.7 Å². The highest BCUT2D eigenvalue weighted by Crippen LogP contribution is 2.90. The summed E-state index contributed by atoms with van der Waals surface area (Å²) in [6, 6.07) is 0. The maximum Gasteiger partial charge on any atom is 0.199 e. The van der Waals surface area contributed by atoms with Gasteiger partial charge >= 0.3 is 0 Å². The normalized spacial score (nSPS) is 62.7. The lowest BCUT2D eigenvalue weighted by Crippen LogP contribution is -2.64. The maximum absolute atomic E-state index is 12.7. The summed E-state index contributed by atoms with van der Waals surface area (Å²) in [5, 5.41) is 66.7. The molecule has 5 saturated carbocycles. The predicted octanol–water partition coefficient (Wildman–Crippen LogP) is 2.09. The van der Waals surface area contributed by atoms with Crippen LogP contribution in [0.15, 0.2) is 0 Å². The molecule has 2 unspecified atom stereocenters. The lowest BCUT2D eigenvalue weighted by atomic mass is 9.41. The Morgan fingerprint density at radius 1 is 0.867 bits per heavy atom. The minimum absolute atomic E-state index is 0.000311. The standard InChI is InChI=1S/C35H56O10/c1-16-12-18-26(30(4,5)41)45-35(44-18)25(16)31(6)10-11-33-15-34(33)19(8-9-20(33)32(31,7)28(35)40)29(2,3)22(13-21(34)37)43-27-24(39)23(38)17(36)14-42-27/h16-28,36-41H,8-15H2,1-7H3/t16-,17-,18-,19?,20?,21+,22+,23+,24-,25-,26+,27+,28-,31-,32-,33+,34-,35+/m1/s1. The zero-order valence-corrected chi connectivity index (χ0v) is 28.0. The SMILES string of the molecule is C[C@@H]1C[C@H]2O[C@]3(O[C@@H]2C(C)(C)O)[C@H]1[C@@]1(C)CC[C@@]24C[C@]25C(CCC4[C@]1(C)[C@H]3O)C(C)(C)[C@@H](O[C@@H]1OC[C@@H](O)[C@H](O)[C@H]1O)C[C@@H]5O. The largest absolute Gasteiger partial charge is 0.392 e. The highest BCUT2D eigenvalue weighted by Gasteiger charge is 2.89. The fourth-order valence-corrected chi connectivity index (χ4v) is 13.9. The molecule has 0 aromatic rings. The molecular weight excluding hydrogens is 580 g/mol. The van der Waals surface area contributed by atoms with Crippen LogP contribution in [0, 0.1) is 50.7 Å². The van der Waals surface area contributed by atoms with Crippen molar-refractivity contribution < 1.29 is 49.6 Å². The summed E-state index contributed by atoms with van der Waals surface area (Å²) in [7, 11) is 0. The van der Waals surface area contributed by atoms with Crippen LogP contribution in [-0.4, -0.2) is 104 Å². The third-order valence-electron chi connectivity index (χ3n) is 15.9. The molecule has 0 amide bonds. The van der Waals surface area contributed by atoms with Gasteiger partial charge in [0.2, 0.25) is 0 Å². The van der Waals surface area contributed by atoms with E-state index in [9.17, 15) is 30.6 Å². The second-order valence-electron chi connectivity index (χ2n) is 18.4. The maximum atomic E-state index is 12.7. The monoisotopic (exact) mass is 636 g/mol. The van der Waals surface area contributed by atoms with Crippen molar-refractivity contribution in [1.82, 2.24) is 0 Å². The molecular formula is C35H56O10. The number of aliphatic hydroxyl groups is 6. The zero-order valence-electron chi connectivity index (χ0n) is 28.0. The average Bonchev–Trinajstić information content (AvgIpc) is 3.51. The van der Waals surface area contributed by atoms with Crippen LogP contribution in [0.4, 0.5) is 0 Å². The van der Waals surface area contributed by atoms with E-state index in [1.807, 2.05) is 0 Å². The van der Waals surface area contributed by atoms with Crippen molar-refractivity contribution in [3.63, 3.8) is 0 Å². The number of fused-ring (bicyclic) bond motifs is 4. The van der Waals surface area contributed by atoms with Crippen molar-refractivity contribution in [3.05, 3.63) is 0 Å². The van der Waals surface area contributed by atoms with Gasteiger partial charge in [0.25, 0.3) is 0 Å². The topological polar surface area (TPSA) is 158 Å². The lowest BCUT2D eigenvalue weighted by Gasteiger charge is -2.64. The van der Waals surface area contributed by atoms with E-state index in [0.717, 1.165) is 38.5 Å². The first-order valence-corrected chi connectivity index (χ1v) is 17.6. The summed E-state index contributed by atoms with van der Waals surface area (Å²) in [5.41, 5.74) is -2.59. The quantitative estimate of drug-likeness (QED) is 0.254. The minimum Gasteiger partial charge on any atom is -0.392 e. The molecule has 0 aromatic heterocycles. The van der Waals surface area contributed by atoms with Gasteiger partial charge in [-0.05, 0) is 86.4 Å². The van der Waals surface area contributed by atoms with Crippen LogP contribution in [0.3, 0.4) is 0 Å². The highest BCUT2D eigenvalue weighted by molar-refractivity contribution is 5.35. The van der Waals surface area contributed by atoms with E-state index >= 15 is 0 Å². The summed E-state index contributed by atoms with van der Waals surface area (Å²) in [5.74, 6) is -0.537. The first-order chi connectivity index (χ1) is 20.8. The molecule has 3 spiro atoms. The second kappa shape index (κ2) is 9.23. The van der Waals surface area contributed by atoms with Crippen molar-refractivity contribution in [2.75, 3.05) is 6.61 Å². The Balaban J connectivity index is 1.12. The second-order valence-corrected chi connectivity index (χ2v) is 18.4. The van der Waals surface area contributed by atoms with Gasteiger partial charge in [-0.2, -0.15) is 0 Å². The number of ether oxygens (including phenoxy) is 4. The summed E-state index contributed by atoms with van der Waals surface area (Å²) in [6.45, 7) is 14.7. The molecule has 6 N–H and O–H groups in total. The van der Waals surface area contributed by atoms with Gasteiger partial charge in [-0.3, -0.25) is 0 Å². The molecule has 10 nitrogen and oxygen atoms in total. The summed E-state index contributed by atoms with van der Waals surface area (Å²) >= 11 is 0. The van der Waals surface area contributed by atoms with Gasteiger partial charge in [0.05, 0.1) is 30.5 Å². The van der Waals surface area contributed by atoms with Crippen molar-refractivity contribution >= 4 is 0 Å². The van der Waals surface area contributed by atoms with Gasteiger partial charge in [-0.1, -0.05) is 34.6 Å². The van der Waals surface area contributed by atoms with Crippen molar-refractivity contribution in [1.29, 1.82) is 0 Å². The fourth-order valence-electron chi connectivity index (χ4n) is 13.9. The van der Waals surface area contributed by atoms with Gasteiger partial charge in [-0.25, -0.2) is 0 Å². The molecule has 5 aliphatic carbocycles. The zero-order chi connectivity index (χ0) is 32.5. The number of rotatable bonds is 3. The van der Waals surface area contributed by atoms with Gasteiger partial charge in [-0.15, -0.1) is 0 Å². The van der Waals surface area contributed by atoms with Crippen LogP contribution in [0.5, 0.6) is 0 Å². The molecule has 18 atom stereocenters. The summed E-state index contributed by atoms with van der Waals surface area (Å²) < 4.78 is 25.6. The third-order valence-corrected chi connectivity index (χ3v) is 15.9. The van der Waals surface area contributed by atoms with Gasteiger partial charge in [0, 0.05) is 23.2 Å². The Hall–Kier alpha value is -0.400. The average molecular weight is 637 g/mol. The third kappa shape index (κ3) is 3.51. The fraction of sp³-hybridized carbons (Fsp3) is 1.00. The van der Waals surface area contributed by atoms with Crippen molar-refractivity contribution in [3.8, 4) is 0 Å². The summed E-state index contributed by atoms with van der Waals surface area (Å²) in [6.07, 6.45) is -1.79. The van der Waals surface area contributed by atoms with Crippen LogP contribution >= 0.6 is 0 Å². The Morgan fingerprint density at radius 3 is 2.24 bits per heavy atom. The Morgan fingerprint density at radius 2 is 1.56 bits per heavy atom. The van der Waals surface area contributed by atoms with E-state index in [0.29, 0.717) is 6.42 Å². The van der Waals surface area contributed by atoms with Crippen LogP contribution in [0.1, 0.15) is 93.4 Å². The van der Waals surface area contributed by atoms with Gasteiger partial charge in [0.1, 0.15) is 30.5 Å². The number of hydrogen-bond donors (Lipinski definition) is 6. The molecule has 0 radical (unpaired) electrons. The number of hydrogen-bond acceptors (Lipinski definition) is 10. The molecule has 45 heavy (non-hydrogen) atoms. The minimum atomic E-state index is -1.37. The van der Waals surface area contributed by atoms with E-state index < -0.39 is 65.8 Å². The molecule has 3 heterocycles. The number of aliphatic hydroxyl groups excluding tert-OH is 5.